The molecule has 25 heavy (non-hydrogen) atoms. The summed E-state index contributed by atoms with van der Waals surface area (Å²) in [4.78, 5) is 24.4. The molecule has 0 saturated heterocycles. The zero-order valence-corrected chi connectivity index (χ0v) is 13.8. The fourth-order valence-electron chi connectivity index (χ4n) is 2.60. The van der Waals surface area contributed by atoms with Crippen molar-refractivity contribution in [2.24, 2.45) is 0 Å². The molecule has 0 amide bonds. The molecule has 1 aromatic heterocycles. The summed E-state index contributed by atoms with van der Waals surface area (Å²) >= 11 is 0. The van der Waals surface area contributed by atoms with E-state index < -0.39 is 11.9 Å². The van der Waals surface area contributed by atoms with E-state index in [9.17, 15) is 9.59 Å². The maximum absolute atomic E-state index is 12.5. The Labute approximate surface area is 144 Å². The molecule has 0 spiro atoms. The van der Waals surface area contributed by atoms with E-state index in [1.165, 1.54) is 6.07 Å². The average molecular weight is 338 g/mol. The lowest BCUT2D eigenvalue weighted by molar-refractivity contribution is -0.146. The van der Waals surface area contributed by atoms with Gasteiger partial charge in [0.05, 0.1) is 17.9 Å². The molecule has 0 aliphatic heterocycles. The first-order valence-corrected chi connectivity index (χ1v) is 8.01. The second-order valence-electron chi connectivity index (χ2n) is 5.71. The number of carbonyl (C=O) groups excluding carboxylic acids is 1. The highest BCUT2D eigenvalue weighted by atomic mass is 16.5. The summed E-state index contributed by atoms with van der Waals surface area (Å²) in [6.45, 7) is 1.43. The van der Waals surface area contributed by atoms with Gasteiger partial charge in [0.2, 0.25) is 0 Å². The lowest BCUT2D eigenvalue weighted by Crippen LogP contribution is -2.15. The van der Waals surface area contributed by atoms with Gasteiger partial charge in [0.25, 0.3) is 0 Å². The van der Waals surface area contributed by atoms with Crippen LogP contribution in [0.25, 0.3) is 22.3 Å². The van der Waals surface area contributed by atoms with Crippen molar-refractivity contribution in [2.75, 3.05) is 13.2 Å². The Hall–Kier alpha value is -2.92. The minimum Gasteiger partial charge on any atom is -0.463 e. The van der Waals surface area contributed by atoms with Gasteiger partial charge >= 0.3 is 5.97 Å². The van der Waals surface area contributed by atoms with E-state index in [1.54, 1.807) is 25.1 Å². The largest absolute Gasteiger partial charge is 0.463 e. The summed E-state index contributed by atoms with van der Waals surface area (Å²) in [5, 5.41) is 9.15. The molecule has 128 valence electrons. The van der Waals surface area contributed by atoms with Crippen molar-refractivity contribution in [1.29, 1.82) is 0 Å². The zero-order chi connectivity index (χ0) is 17.8. The zero-order valence-electron chi connectivity index (χ0n) is 13.8. The first kappa shape index (κ1) is 16.9. The molecule has 0 bridgehead atoms. The minimum absolute atomic E-state index is 0.0423. The third-order valence-electron chi connectivity index (χ3n) is 4.00. The van der Waals surface area contributed by atoms with E-state index >= 15 is 0 Å². The fraction of sp³-hybridized carbons (Fsp3) is 0.200. The van der Waals surface area contributed by atoms with Crippen molar-refractivity contribution in [1.82, 2.24) is 0 Å². The Balaban J connectivity index is 1.98. The molecule has 3 aromatic rings. The van der Waals surface area contributed by atoms with E-state index in [0.29, 0.717) is 22.3 Å². The van der Waals surface area contributed by atoms with Gasteiger partial charge in [-0.1, -0.05) is 36.4 Å². The van der Waals surface area contributed by atoms with Gasteiger partial charge in [-0.2, -0.15) is 0 Å². The molecule has 2 aromatic carbocycles. The summed E-state index contributed by atoms with van der Waals surface area (Å²) in [7, 11) is 0. The van der Waals surface area contributed by atoms with Crippen LogP contribution in [-0.2, 0) is 9.53 Å². The Morgan fingerprint density at radius 2 is 1.92 bits per heavy atom. The SMILES string of the molecule is CC(C(=O)OCCO)c1ccc2oc(-c3ccccc3)cc(=O)c2c1. The predicted molar refractivity (Wildman–Crippen MR) is 94.4 cm³/mol. The number of esters is 1. The molecular formula is C20H18O5. The second-order valence-corrected chi connectivity index (χ2v) is 5.71. The smallest absolute Gasteiger partial charge is 0.313 e. The predicted octanol–water partition coefficient (Wildman–Crippen LogP) is 3.10. The Bertz CT molecular complexity index is 943. The quantitative estimate of drug-likeness (QED) is 0.723. The Morgan fingerprint density at radius 3 is 2.64 bits per heavy atom. The molecule has 1 unspecified atom stereocenters. The molecule has 0 aliphatic rings. The number of ether oxygens (including phenoxy) is 1. The molecule has 1 atom stereocenters. The summed E-state index contributed by atoms with van der Waals surface area (Å²) < 4.78 is 10.8. The molecule has 5 heteroatoms. The van der Waals surface area contributed by atoms with E-state index in [1.807, 2.05) is 30.3 Å². The van der Waals surface area contributed by atoms with Gasteiger partial charge in [-0.15, -0.1) is 0 Å². The summed E-state index contributed by atoms with van der Waals surface area (Å²) in [6, 6.07) is 15.9. The standard InChI is InChI=1S/C20H18O5/c1-13(20(23)24-10-9-21)15-7-8-18-16(11-15)17(22)12-19(25-18)14-5-3-2-4-6-14/h2-8,11-13,21H,9-10H2,1H3. The van der Waals surface area contributed by atoms with Gasteiger partial charge in [0.15, 0.2) is 5.43 Å². The van der Waals surface area contributed by atoms with Gasteiger partial charge in [0, 0.05) is 11.6 Å². The first-order chi connectivity index (χ1) is 12.1. The molecule has 3 rings (SSSR count). The van der Waals surface area contributed by atoms with Crippen LogP contribution in [0.15, 0.2) is 63.8 Å². The van der Waals surface area contributed by atoms with Crippen LogP contribution in [0.2, 0.25) is 0 Å². The van der Waals surface area contributed by atoms with Crippen LogP contribution in [0, 0.1) is 0 Å². The van der Waals surface area contributed by atoms with Crippen LogP contribution in [0.1, 0.15) is 18.4 Å². The number of benzene rings is 2. The third-order valence-corrected chi connectivity index (χ3v) is 4.00. The lowest BCUT2D eigenvalue weighted by Gasteiger charge is -2.12. The van der Waals surface area contributed by atoms with Crippen LogP contribution >= 0.6 is 0 Å². The van der Waals surface area contributed by atoms with Gasteiger partial charge in [0.1, 0.15) is 18.0 Å². The molecular weight excluding hydrogens is 320 g/mol. The highest BCUT2D eigenvalue weighted by Gasteiger charge is 2.18. The van der Waals surface area contributed by atoms with Crippen LogP contribution in [0.4, 0.5) is 0 Å². The molecule has 1 heterocycles. The number of carbonyl (C=O) groups is 1. The van der Waals surface area contributed by atoms with Crippen molar-refractivity contribution >= 4 is 16.9 Å². The second kappa shape index (κ2) is 7.32. The van der Waals surface area contributed by atoms with Crippen LogP contribution in [0.5, 0.6) is 0 Å². The van der Waals surface area contributed by atoms with E-state index in [-0.39, 0.29) is 18.6 Å². The summed E-state index contributed by atoms with van der Waals surface area (Å²) in [5.41, 5.74) is 1.78. The van der Waals surface area contributed by atoms with Crippen LogP contribution in [-0.4, -0.2) is 24.3 Å². The van der Waals surface area contributed by atoms with Crippen molar-refractivity contribution in [3.8, 4) is 11.3 Å². The topological polar surface area (TPSA) is 76.7 Å². The normalized spacial score (nSPS) is 12.1. The number of fused-ring (bicyclic) bond motifs is 1. The minimum atomic E-state index is -0.538. The maximum atomic E-state index is 12.5. The Kier molecular flexibility index (Phi) is 4.95. The number of aliphatic hydroxyl groups is 1. The van der Waals surface area contributed by atoms with Crippen molar-refractivity contribution in [2.45, 2.75) is 12.8 Å². The summed E-state index contributed by atoms with van der Waals surface area (Å²) in [5.74, 6) is -0.482. The highest BCUT2D eigenvalue weighted by Crippen LogP contribution is 2.25. The van der Waals surface area contributed by atoms with Crippen LogP contribution in [0.3, 0.4) is 0 Å². The molecule has 5 nitrogen and oxygen atoms in total. The Morgan fingerprint density at radius 1 is 1.16 bits per heavy atom. The molecule has 0 saturated carbocycles. The molecule has 0 fully saturated rings. The number of hydrogen-bond acceptors (Lipinski definition) is 5. The monoisotopic (exact) mass is 338 g/mol. The summed E-state index contributed by atoms with van der Waals surface area (Å²) in [6.07, 6.45) is 0. The van der Waals surface area contributed by atoms with E-state index in [4.69, 9.17) is 14.3 Å². The van der Waals surface area contributed by atoms with Crippen LogP contribution < -0.4 is 5.43 Å². The number of aliphatic hydroxyl groups excluding tert-OH is 1. The number of hydrogen-bond donors (Lipinski definition) is 1. The first-order valence-electron chi connectivity index (χ1n) is 8.01. The van der Waals surface area contributed by atoms with Gasteiger partial charge < -0.3 is 14.3 Å². The van der Waals surface area contributed by atoms with Crippen molar-refractivity contribution < 1.29 is 19.1 Å². The van der Waals surface area contributed by atoms with Crippen molar-refractivity contribution in [3.05, 3.63) is 70.4 Å². The number of rotatable bonds is 5. The third kappa shape index (κ3) is 3.61. The van der Waals surface area contributed by atoms with E-state index in [0.717, 1.165) is 5.56 Å². The highest BCUT2D eigenvalue weighted by molar-refractivity contribution is 5.83. The maximum Gasteiger partial charge on any atom is 0.313 e. The van der Waals surface area contributed by atoms with Gasteiger partial charge in [-0.05, 0) is 24.6 Å². The van der Waals surface area contributed by atoms with E-state index in [2.05, 4.69) is 0 Å². The lowest BCUT2D eigenvalue weighted by atomic mass is 9.99. The molecule has 0 aliphatic carbocycles. The average Bonchev–Trinajstić information content (AvgIpc) is 2.66. The van der Waals surface area contributed by atoms with Crippen molar-refractivity contribution in [3.63, 3.8) is 0 Å². The van der Waals surface area contributed by atoms with Gasteiger partial charge in [-0.25, -0.2) is 0 Å². The molecule has 0 radical (unpaired) electrons. The fourth-order valence-corrected chi connectivity index (χ4v) is 2.60. The van der Waals surface area contributed by atoms with Gasteiger partial charge in [-0.3, -0.25) is 9.59 Å². The molecule has 1 N–H and O–H groups in total.